The second kappa shape index (κ2) is 8.79. The van der Waals surface area contributed by atoms with Crippen molar-refractivity contribution in [1.29, 1.82) is 0 Å². The van der Waals surface area contributed by atoms with Gasteiger partial charge in [-0.3, -0.25) is 4.79 Å². The quantitative estimate of drug-likeness (QED) is 0.659. The number of amides is 1. The molecular weight excluding hydrogens is 361 g/mol. The van der Waals surface area contributed by atoms with Crippen molar-refractivity contribution < 1.29 is 14.3 Å². The van der Waals surface area contributed by atoms with Crippen LogP contribution >= 0.6 is 23.2 Å². The van der Waals surface area contributed by atoms with E-state index in [0.29, 0.717) is 33.8 Å². The zero-order chi connectivity index (χ0) is 18.4. The molecule has 1 N–H and O–H groups in total. The molecule has 0 radical (unpaired) electrons. The summed E-state index contributed by atoms with van der Waals surface area (Å²) < 4.78 is 11.3. The lowest BCUT2D eigenvalue weighted by Gasteiger charge is -2.17. The number of anilines is 1. The molecule has 2 aromatic carbocycles. The largest absolute Gasteiger partial charge is 0.487 e. The van der Waals surface area contributed by atoms with Gasteiger partial charge in [0.2, 0.25) is 0 Å². The minimum atomic E-state index is -0.757. The van der Waals surface area contributed by atoms with E-state index in [1.165, 1.54) is 0 Å². The van der Waals surface area contributed by atoms with Crippen molar-refractivity contribution in [2.24, 2.45) is 0 Å². The number of hydrogen-bond donors (Lipinski definition) is 1. The van der Waals surface area contributed by atoms with E-state index in [1.807, 2.05) is 19.1 Å². The van der Waals surface area contributed by atoms with Crippen molar-refractivity contribution in [2.45, 2.75) is 20.0 Å². The molecule has 0 aliphatic heterocycles. The third-order valence-electron chi connectivity index (χ3n) is 3.19. The fourth-order valence-corrected chi connectivity index (χ4v) is 2.40. The van der Waals surface area contributed by atoms with Crippen molar-refractivity contribution in [3.63, 3.8) is 0 Å². The number of ether oxygens (including phenoxy) is 2. The maximum absolute atomic E-state index is 12.4. The van der Waals surface area contributed by atoms with Gasteiger partial charge in [0.1, 0.15) is 18.1 Å². The van der Waals surface area contributed by atoms with E-state index in [9.17, 15) is 4.79 Å². The number of carbonyl (C=O) groups excluding carboxylic acids is 1. The first-order valence-electron chi connectivity index (χ1n) is 7.65. The Morgan fingerprint density at radius 1 is 1.20 bits per heavy atom. The summed E-state index contributed by atoms with van der Waals surface area (Å²) in [5, 5.41) is 3.64. The highest BCUT2D eigenvalue weighted by molar-refractivity contribution is 6.35. The van der Waals surface area contributed by atoms with E-state index >= 15 is 0 Å². The second-order valence-corrected chi connectivity index (χ2v) is 6.41. The number of para-hydroxylation sites is 2. The summed E-state index contributed by atoms with van der Waals surface area (Å²) in [7, 11) is 0. The lowest BCUT2D eigenvalue weighted by Crippen LogP contribution is -2.30. The summed E-state index contributed by atoms with van der Waals surface area (Å²) in [6.45, 7) is 7.67. The molecule has 1 atom stereocenters. The number of rotatable bonds is 7. The lowest BCUT2D eigenvalue weighted by molar-refractivity contribution is -0.122. The van der Waals surface area contributed by atoms with E-state index < -0.39 is 6.10 Å². The Hall–Kier alpha value is -2.17. The van der Waals surface area contributed by atoms with Crippen LogP contribution in [0.5, 0.6) is 11.5 Å². The number of carbonyl (C=O) groups is 1. The highest BCUT2D eigenvalue weighted by Crippen LogP contribution is 2.29. The van der Waals surface area contributed by atoms with E-state index in [1.54, 1.807) is 37.3 Å². The average Bonchev–Trinajstić information content (AvgIpc) is 2.56. The Morgan fingerprint density at radius 3 is 2.60 bits per heavy atom. The van der Waals surface area contributed by atoms with Gasteiger partial charge in [0, 0.05) is 5.02 Å². The smallest absolute Gasteiger partial charge is 0.265 e. The van der Waals surface area contributed by atoms with Crippen molar-refractivity contribution in [2.75, 3.05) is 11.9 Å². The van der Waals surface area contributed by atoms with Crippen LogP contribution in [0.4, 0.5) is 5.69 Å². The number of halogens is 2. The van der Waals surface area contributed by atoms with Gasteiger partial charge in [-0.15, -0.1) is 0 Å². The van der Waals surface area contributed by atoms with Crippen LogP contribution in [0.25, 0.3) is 0 Å². The minimum Gasteiger partial charge on any atom is -0.487 e. The van der Waals surface area contributed by atoms with Crippen LogP contribution in [0.2, 0.25) is 10.0 Å². The molecule has 6 heteroatoms. The molecule has 0 saturated carbocycles. The molecule has 2 aromatic rings. The van der Waals surface area contributed by atoms with Crippen LogP contribution in [0.1, 0.15) is 13.8 Å². The van der Waals surface area contributed by atoms with E-state index in [4.69, 9.17) is 32.7 Å². The Labute approximate surface area is 157 Å². The maximum Gasteiger partial charge on any atom is 0.265 e. The zero-order valence-electron chi connectivity index (χ0n) is 14.0. The standard InChI is InChI=1S/C19H19Cl2NO3/c1-12(2)11-24-18-7-5-4-6-16(18)22-19(23)13(3)25-17-9-8-14(20)10-15(17)21/h4-10,13H,1,11H2,2-3H3,(H,22,23). The first-order valence-corrected chi connectivity index (χ1v) is 8.41. The molecule has 0 heterocycles. The van der Waals surface area contributed by atoms with Gasteiger partial charge in [0.25, 0.3) is 5.91 Å². The van der Waals surface area contributed by atoms with Crippen LogP contribution in [-0.2, 0) is 4.79 Å². The van der Waals surface area contributed by atoms with E-state index in [0.717, 1.165) is 5.57 Å². The molecule has 2 rings (SSSR count). The summed E-state index contributed by atoms with van der Waals surface area (Å²) in [6, 6.07) is 12.0. The molecule has 0 spiro atoms. The summed E-state index contributed by atoms with van der Waals surface area (Å²) in [4.78, 5) is 12.4. The molecule has 0 aromatic heterocycles. The first kappa shape index (κ1) is 19.2. The fourth-order valence-electron chi connectivity index (χ4n) is 1.95. The molecule has 4 nitrogen and oxygen atoms in total. The van der Waals surface area contributed by atoms with Gasteiger partial charge in [0.05, 0.1) is 10.7 Å². The molecule has 0 fully saturated rings. The Bertz CT molecular complexity index is 777. The monoisotopic (exact) mass is 379 g/mol. The molecule has 0 aliphatic carbocycles. The van der Waals surface area contributed by atoms with Gasteiger partial charge in [-0.1, -0.05) is 41.9 Å². The van der Waals surface area contributed by atoms with E-state index in [-0.39, 0.29) is 5.91 Å². The van der Waals surface area contributed by atoms with Crippen molar-refractivity contribution in [3.8, 4) is 11.5 Å². The molecule has 132 valence electrons. The van der Waals surface area contributed by atoms with Crippen molar-refractivity contribution >= 4 is 34.8 Å². The molecule has 0 bridgehead atoms. The molecule has 1 amide bonds. The van der Waals surface area contributed by atoms with Crippen LogP contribution in [0.15, 0.2) is 54.6 Å². The summed E-state index contributed by atoms with van der Waals surface area (Å²) in [5.74, 6) is 0.633. The molecule has 25 heavy (non-hydrogen) atoms. The SMILES string of the molecule is C=C(C)COc1ccccc1NC(=O)C(C)Oc1ccc(Cl)cc1Cl. The Morgan fingerprint density at radius 2 is 1.92 bits per heavy atom. The maximum atomic E-state index is 12.4. The lowest BCUT2D eigenvalue weighted by atomic mass is 10.2. The topological polar surface area (TPSA) is 47.6 Å². The second-order valence-electron chi connectivity index (χ2n) is 5.57. The third-order valence-corrected chi connectivity index (χ3v) is 3.72. The molecule has 1 unspecified atom stereocenters. The van der Waals surface area contributed by atoms with Crippen LogP contribution in [0, 0.1) is 0 Å². The summed E-state index contributed by atoms with van der Waals surface area (Å²) in [6.07, 6.45) is -0.757. The van der Waals surface area contributed by atoms with Gasteiger partial charge in [-0.2, -0.15) is 0 Å². The van der Waals surface area contributed by atoms with E-state index in [2.05, 4.69) is 11.9 Å². The summed E-state index contributed by atoms with van der Waals surface area (Å²) in [5.41, 5.74) is 1.45. The highest BCUT2D eigenvalue weighted by atomic mass is 35.5. The predicted molar refractivity (Wildman–Crippen MR) is 102 cm³/mol. The Balaban J connectivity index is 2.05. The van der Waals surface area contributed by atoms with Gasteiger partial charge < -0.3 is 14.8 Å². The Kier molecular flexibility index (Phi) is 6.73. The normalized spacial score (nSPS) is 11.5. The summed E-state index contributed by atoms with van der Waals surface area (Å²) >= 11 is 11.9. The van der Waals surface area contributed by atoms with Gasteiger partial charge in [0.15, 0.2) is 6.10 Å². The average molecular weight is 380 g/mol. The van der Waals surface area contributed by atoms with Gasteiger partial charge in [-0.05, 0) is 49.8 Å². The number of benzene rings is 2. The van der Waals surface area contributed by atoms with Crippen LogP contribution in [0.3, 0.4) is 0 Å². The first-order chi connectivity index (χ1) is 11.9. The molecule has 0 saturated heterocycles. The van der Waals surface area contributed by atoms with Crippen LogP contribution < -0.4 is 14.8 Å². The highest BCUT2D eigenvalue weighted by Gasteiger charge is 2.18. The van der Waals surface area contributed by atoms with Crippen molar-refractivity contribution in [3.05, 3.63) is 64.7 Å². The number of nitrogens with one attached hydrogen (secondary N) is 1. The predicted octanol–water partition coefficient (Wildman–Crippen LogP) is 5.35. The van der Waals surface area contributed by atoms with Crippen LogP contribution in [-0.4, -0.2) is 18.6 Å². The zero-order valence-corrected chi connectivity index (χ0v) is 15.5. The van der Waals surface area contributed by atoms with Gasteiger partial charge in [-0.25, -0.2) is 0 Å². The number of hydrogen-bond acceptors (Lipinski definition) is 3. The van der Waals surface area contributed by atoms with Crippen molar-refractivity contribution in [1.82, 2.24) is 0 Å². The third kappa shape index (κ3) is 5.69. The van der Waals surface area contributed by atoms with Gasteiger partial charge >= 0.3 is 0 Å². The molecular formula is C19H19Cl2NO3. The minimum absolute atomic E-state index is 0.322. The fraction of sp³-hybridized carbons (Fsp3) is 0.211. The molecule has 0 aliphatic rings.